The highest BCUT2D eigenvalue weighted by Gasteiger charge is 2.28. The molecular weight excluding hydrogens is 266 g/mol. The van der Waals surface area contributed by atoms with E-state index in [4.69, 9.17) is 16.7 Å². The number of hydrogen-bond acceptors (Lipinski definition) is 3. The number of carbonyl (C=O) groups is 1. The van der Waals surface area contributed by atoms with Gasteiger partial charge in [-0.25, -0.2) is 0 Å². The van der Waals surface area contributed by atoms with E-state index >= 15 is 0 Å². The molecule has 0 spiro atoms. The molecule has 1 aromatic rings. The average Bonchev–Trinajstić information content (AvgIpc) is 2.88. The molecule has 1 fully saturated rings. The first-order valence-corrected chi connectivity index (χ1v) is 7.06. The first-order valence-electron chi connectivity index (χ1n) is 6.69. The molecule has 19 heavy (non-hydrogen) atoms. The van der Waals surface area contributed by atoms with Crippen LogP contribution >= 0.6 is 11.6 Å². The van der Waals surface area contributed by atoms with Crippen LogP contribution < -0.4 is 0 Å². The van der Waals surface area contributed by atoms with E-state index in [9.17, 15) is 4.79 Å². The van der Waals surface area contributed by atoms with Gasteiger partial charge in [0.05, 0.1) is 22.8 Å². The largest absolute Gasteiger partial charge is 0.481 e. The lowest BCUT2D eigenvalue weighted by atomic mass is 10.1. The van der Waals surface area contributed by atoms with Crippen molar-refractivity contribution in [3.63, 3.8) is 0 Å². The van der Waals surface area contributed by atoms with Crippen molar-refractivity contribution in [3.8, 4) is 0 Å². The molecule has 0 saturated carbocycles. The third-order valence-electron chi connectivity index (χ3n) is 3.77. The van der Waals surface area contributed by atoms with Crippen molar-refractivity contribution >= 4 is 17.6 Å². The monoisotopic (exact) mass is 285 g/mol. The summed E-state index contributed by atoms with van der Waals surface area (Å²) >= 11 is 6.34. The zero-order chi connectivity index (χ0) is 14.0. The highest BCUT2D eigenvalue weighted by molar-refractivity contribution is 6.31. The third-order valence-corrected chi connectivity index (χ3v) is 4.20. The molecule has 1 aliphatic heterocycles. The minimum Gasteiger partial charge on any atom is -0.481 e. The van der Waals surface area contributed by atoms with E-state index in [1.54, 1.807) is 0 Å². The molecule has 5 nitrogen and oxygen atoms in total. The molecule has 1 aromatic heterocycles. The van der Waals surface area contributed by atoms with Gasteiger partial charge in [-0.15, -0.1) is 0 Å². The fourth-order valence-electron chi connectivity index (χ4n) is 2.72. The van der Waals surface area contributed by atoms with Gasteiger partial charge in [0.25, 0.3) is 0 Å². The lowest BCUT2D eigenvalue weighted by Crippen LogP contribution is -2.31. The van der Waals surface area contributed by atoms with Crippen molar-refractivity contribution in [1.82, 2.24) is 14.7 Å². The molecule has 2 rings (SSSR count). The van der Waals surface area contributed by atoms with Gasteiger partial charge in [-0.2, -0.15) is 5.10 Å². The summed E-state index contributed by atoms with van der Waals surface area (Å²) in [6, 6.07) is 0.119. The van der Waals surface area contributed by atoms with Gasteiger partial charge < -0.3 is 5.11 Å². The Morgan fingerprint density at radius 1 is 1.58 bits per heavy atom. The summed E-state index contributed by atoms with van der Waals surface area (Å²) in [6.45, 7) is 3.64. The molecule has 1 N–H and O–H groups in total. The second-order valence-electron chi connectivity index (χ2n) is 5.05. The number of aryl methyl sites for hydroxylation is 2. The van der Waals surface area contributed by atoms with Crippen LogP contribution in [0.25, 0.3) is 0 Å². The van der Waals surface area contributed by atoms with E-state index in [0.717, 1.165) is 42.2 Å². The standard InChI is InChI=1S/C13H20ClN3O2/c1-3-10-13(14)11(16(2)15-10)8-17-6-4-5-9(17)7-12(18)19/h9H,3-8H2,1-2H3,(H,18,19). The molecule has 0 aliphatic carbocycles. The Bertz CT molecular complexity index is 473. The summed E-state index contributed by atoms with van der Waals surface area (Å²) < 4.78 is 1.82. The average molecular weight is 286 g/mol. The Balaban J connectivity index is 2.12. The zero-order valence-electron chi connectivity index (χ0n) is 11.4. The van der Waals surface area contributed by atoms with Gasteiger partial charge in [-0.05, 0) is 25.8 Å². The van der Waals surface area contributed by atoms with Crippen LogP contribution in [-0.4, -0.2) is 38.3 Å². The Labute approximate surface area is 118 Å². The summed E-state index contributed by atoms with van der Waals surface area (Å²) in [4.78, 5) is 13.1. The van der Waals surface area contributed by atoms with E-state index in [1.165, 1.54) is 0 Å². The van der Waals surface area contributed by atoms with Crippen LogP contribution in [0.2, 0.25) is 5.02 Å². The van der Waals surface area contributed by atoms with Gasteiger partial charge in [0.1, 0.15) is 0 Å². The van der Waals surface area contributed by atoms with E-state index in [2.05, 4.69) is 10.00 Å². The van der Waals surface area contributed by atoms with Crippen molar-refractivity contribution in [2.24, 2.45) is 7.05 Å². The highest BCUT2D eigenvalue weighted by Crippen LogP contribution is 2.27. The zero-order valence-corrected chi connectivity index (χ0v) is 12.2. The van der Waals surface area contributed by atoms with Gasteiger partial charge in [-0.1, -0.05) is 18.5 Å². The SMILES string of the molecule is CCc1nn(C)c(CN2CCCC2CC(=O)O)c1Cl. The molecule has 106 valence electrons. The fourth-order valence-corrected chi connectivity index (χ4v) is 3.07. The van der Waals surface area contributed by atoms with Crippen molar-refractivity contribution in [2.75, 3.05) is 6.54 Å². The molecule has 0 bridgehead atoms. The molecular formula is C13H20ClN3O2. The summed E-state index contributed by atoms with van der Waals surface area (Å²) in [7, 11) is 1.89. The number of rotatable bonds is 5. The van der Waals surface area contributed by atoms with Gasteiger partial charge in [0.15, 0.2) is 0 Å². The number of carboxylic acid groups (broad SMARTS) is 1. The Morgan fingerprint density at radius 3 is 2.89 bits per heavy atom. The number of hydrogen-bond donors (Lipinski definition) is 1. The van der Waals surface area contributed by atoms with Crippen molar-refractivity contribution in [3.05, 3.63) is 16.4 Å². The minimum absolute atomic E-state index is 0.119. The maximum absolute atomic E-state index is 10.9. The summed E-state index contributed by atoms with van der Waals surface area (Å²) in [6.07, 6.45) is 3.01. The Kier molecular flexibility index (Phi) is 4.47. The van der Waals surface area contributed by atoms with Crippen molar-refractivity contribution in [2.45, 2.75) is 45.2 Å². The molecule has 1 aliphatic rings. The lowest BCUT2D eigenvalue weighted by Gasteiger charge is -2.23. The first kappa shape index (κ1) is 14.3. The fraction of sp³-hybridized carbons (Fsp3) is 0.692. The van der Waals surface area contributed by atoms with Crippen LogP contribution in [0.15, 0.2) is 0 Å². The van der Waals surface area contributed by atoms with Crippen molar-refractivity contribution in [1.29, 1.82) is 0 Å². The number of likely N-dealkylation sites (tertiary alicyclic amines) is 1. The second-order valence-corrected chi connectivity index (χ2v) is 5.43. The molecule has 0 aromatic carbocycles. The minimum atomic E-state index is -0.734. The molecule has 0 amide bonds. The lowest BCUT2D eigenvalue weighted by molar-refractivity contribution is -0.138. The quantitative estimate of drug-likeness (QED) is 0.900. The topological polar surface area (TPSA) is 58.4 Å². The maximum atomic E-state index is 10.9. The van der Waals surface area contributed by atoms with E-state index < -0.39 is 5.97 Å². The number of carboxylic acids is 1. The number of nitrogens with zero attached hydrogens (tertiary/aromatic N) is 3. The van der Waals surface area contributed by atoms with Crippen molar-refractivity contribution < 1.29 is 9.90 Å². The molecule has 2 heterocycles. The van der Waals surface area contributed by atoms with Crippen LogP contribution in [0.5, 0.6) is 0 Å². The van der Waals surface area contributed by atoms with E-state index in [-0.39, 0.29) is 12.5 Å². The summed E-state index contributed by atoms with van der Waals surface area (Å²) in [5.74, 6) is -0.734. The smallest absolute Gasteiger partial charge is 0.304 e. The molecule has 1 atom stereocenters. The maximum Gasteiger partial charge on any atom is 0.304 e. The predicted molar refractivity (Wildman–Crippen MR) is 73.3 cm³/mol. The molecule has 1 unspecified atom stereocenters. The Hall–Kier alpha value is -1.07. The molecule has 1 saturated heterocycles. The second kappa shape index (κ2) is 5.92. The summed E-state index contributed by atoms with van der Waals surface area (Å²) in [5, 5.41) is 14.1. The van der Waals surface area contributed by atoms with Crippen LogP contribution in [0.1, 0.15) is 37.6 Å². The molecule has 0 radical (unpaired) electrons. The van der Waals surface area contributed by atoms with E-state index in [0.29, 0.717) is 6.54 Å². The number of aliphatic carboxylic acids is 1. The van der Waals surface area contributed by atoms with Gasteiger partial charge >= 0.3 is 5.97 Å². The van der Waals surface area contributed by atoms with Crippen LogP contribution in [0, 0.1) is 0 Å². The third kappa shape index (κ3) is 3.09. The van der Waals surface area contributed by atoms with Crippen LogP contribution in [-0.2, 0) is 24.8 Å². The van der Waals surface area contributed by atoms with Gasteiger partial charge in [-0.3, -0.25) is 14.4 Å². The van der Waals surface area contributed by atoms with Gasteiger partial charge in [0.2, 0.25) is 0 Å². The number of halogens is 1. The van der Waals surface area contributed by atoms with E-state index in [1.807, 2.05) is 18.7 Å². The van der Waals surface area contributed by atoms with Gasteiger partial charge in [0, 0.05) is 19.6 Å². The Morgan fingerprint density at radius 2 is 2.32 bits per heavy atom. The summed E-state index contributed by atoms with van der Waals surface area (Å²) in [5.41, 5.74) is 1.89. The first-order chi connectivity index (χ1) is 9.02. The highest BCUT2D eigenvalue weighted by atomic mass is 35.5. The molecule has 6 heteroatoms. The normalized spacial score (nSPS) is 20.1. The number of aromatic nitrogens is 2. The van der Waals surface area contributed by atoms with Crippen LogP contribution in [0.3, 0.4) is 0 Å². The predicted octanol–water partition coefficient (Wildman–Crippen LogP) is 2.08. The van der Waals surface area contributed by atoms with Crippen LogP contribution in [0.4, 0.5) is 0 Å².